The van der Waals surface area contributed by atoms with Crippen LogP contribution in [0, 0.1) is 0 Å². The first-order valence-corrected chi connectivity index (χ1v) is 4.95. The van der Waals surface area contributed by atoms with Crippen LogP contribution in [-0.4, -0.2) is 9.78 Å². The average molecular weight is 200 g/mol. The maximum atomic E-state index is 4.20. The third kappa shape index (κ3) is 1.26. The molecule has 1 aromatic carbocycles. The molecule has 1 aliphatic rings. The van der Waals surface area contributed by atoms with E-state index in [1.807, 2.05) is 24.0 Å². The molecule has 0 spiro atoms. The Morgan fingerprint density at radius 3 is 3.07 bits per heavy atom. The van der Waals surface area contributed by atoms with Crippen LogP contribution in [0.5, 0.6) is 0 Å². The van der Waals surface area contributed by atoms with Crippen LogP contribution >= 0.6 is 0 Å². The maximum absolute atomic E-state index is 4.20. The number of aryl methyl sites for hydroxylation is 1. The fraction of sp³-hybridized carbons (Fsp3) is 0.182. The van der Waals surface area contributed by atoms with Crippen molar-refractivity contribution < 1.29 is 0 Å². The van der Waals surface area contributed by atoms with Crippen LogP contribution in [0.3, 0.4) is 0 Å². The second-order valence-corrected chi connectivity index (χ2v) is 3.67. The molecule has 0 saturated carbocycles. The standard InChI is InChI=1S/C11H12N4/c1-15-11-10(7-13-15)12-6-8-4-2-3-5-9(8)14-11/h2-5,7,12,14H,6H2,1H3. The highest BCUT2D eigenvalue weighted by molar-refractivity contribution is 5.74. The Balaban J connectivity index is 2.12. The number of hydrogen-bond acceptors (Lipinski definition) is 3. The third-order valence-electron chi connectivity index (χ3n) is 2.68. The predicted octanol–water partition coefficient (Wildman–Crippen LogP) is 2.09. The topological polar surface area (TPSA) is 41.9 Å². The highest BCUT2D eigenvalue weighted by atomic mass is 15.3. The Bertz CT molecular complexity index is 501. The van der Waals surface area contributed by atoms with Gasteiger partial charge in [-0.15, -0.1) is 0 Å². The molecular formula is C11H12N4. The van der Waals surface area contributed by atoms with Crippen molar-refractivity contribution in [3.05, 3.63) is 36.0 Å². The van der Waals surface area contributed by atoms with Crippen LogP contribution in [-0.2, 0) is 13.6 Å². The number of rotatable bonds is 0. The third-order valence-corrected chi connectivity index (χ3v) is 2.68. The van der Waals surface area contributed by atoms with Gasteiger partial charge in [0.25, 0.3) is 0 Å². The Hall–Kier alpha value is -1.97. The normalized spacial score (nSPS) is 13.1. The van der Waals surface area contributed by atoms with Gasteiger partial charge in [-0.2, -0.15) is 5.10 Å². The van der Waals surface area contributed by atoms with E-state index in [1.54, 1.807) is 0 Å². The molecule has 2 heterocycles. The molecule has 0 bridgehead atoms. The van der Waals surface area contributed by atoms with E-state index >= 15 is 0 Å². The number of fused-ring (bicyclic) bond motifs is 2. The fourth-order valence-electron chi connectivity index (χ4n) is 1.83. The lowest BCUT2D eigenvalue weighted by molar-refractivity contribution is 0.777. The second-order valence-electron chi connectivity index (χ2n) is 3.67. The zero-order chi connectivity index (χ0) is 10.3. The predicted molar refractivity (Wildman–Crippen MR) is 60.3 cm³/mol. The average Bonchev–Trinajstić information content (AvgIpc) is 2.51. The molecule has 0 unspecified atom stereocenters. The van der Waals surface area contributed by atoms with Crippen LogP contribution < -0.4 is 10.6 Å². The molecule has 76 valence electrons. The lowest BCUT2D eigenvalue weighted by Gasteiger charge is -2.07. The molecule has 1 aliphatic heterocycles. The highest BCUT2D eigenvalue weighted by Gasteiger charge is 2.14. The summed E-state index contributed by atoms with van der Waals surface area (Å²) in [6.45, 7) is 0.835. The fourth-order valence-corrected chi connectivity index (χ4v) is 1.83. The van der Waals surface area contributed by atoms with Gasteiger partial charge in [-0.3, -0.25) is 4.68 Å². The smallest absolute Gasteiger partial charge is 0.152 e. The second kappa shape index (κ2) is 3.02. The van der Waals surface area contributed by atoms with E-state index in [0.717, 1.165) is 23.7 Å². The Kier molecular flexibility index (Phi) is 1.68. The number of nitrogens with zero attached hydrogens (tertiary/aromatic N) is 2. The molecule has 0 aliphatic carbocycles. The van der Waals surface area contributed by atoms with Crippen LogP contribution in [0.2, 0.25) is 0 Å². The van der Waals surface area contributed by atoms with Gasteiger partial charge in [-0.25, -0.2) is 0 Å². The molecule has 4 heteroatoms. The maximum Gasteiger partial charge on any atom is 0.152 e. The van der Waals surface area contributed by atoms with E-state index in [1.165, 1.54) is 5.56 Å². The van der Waals surface area contributed by atoms with E-state index in [0.29, 0.717) is 0 Å². The lowest BCUT2D eigenvalue weighted by atomic mass is 10.2. The Labute approximate surface area is 87.9 Å². The Morgan fingerprint density at radius 1 is 1.27 bits per heavy atom. The van der Waals surface area contributed by atoms with Crippen molar-refractivity contribution in [3.8, 4) is 0 Å². The number of para-hydroxylation sites is 1. The van der Waals surface area contributed by atoms with Crippen LogP contribution in [0.15, 0.2) is 30.5 Å². The first kappa shape index (κ1) is 8.35. The highest BCUT2D eigenvalue weighted by Crippen LogP contribution is 2.30. The molecule has 2 N–H and O–H groups in total. The minimum Gasteiger partial charge on any atom is -0.377 e. The summed E-state index contributed by atoms with van der Waals surface area (Å²) in [6.07, 6.45) is 1.84. The van der Waals surface area contributed by atoms with Crippen molar-refractivity contribution in [1.29, 1.82) is 0 Å². The van der Waals surface area contributed by atoms with Gasteiger partial charge < -0.3 is 10.6 Å². The largest absolute Gasteiger partial charge is 0.377 e. The number of anilines is 3. The number of benzene rings is 1. The van der Waals surface area contributed by atoms with Gasteiger partial charge in [-0.1, -0.05) is 18.2 Å². The van der Waals surface area contributed by atoms with Crippen LogP contribution in [0.1, 0.15) is 5.56 Å². The van der Waals surface area contributed by atoms with Crippen molar-refractivity contribution >= 4 is 17.2 Å². The molecule has 0 amide bonds. The van der Waals surface area contributed by atoms with Crippen molar-refractivity contribution in [1.82, 2.24) is 9.78 Å². The van der Waals surface area contributed by atoms with E-state index < -0.39 is 0 Å². The summed E-state index contributed by atoms with van der Waals surface area (Å²) in [7, 11) is 1.93. The minimum atomic E-state index is 0.835. The number of aromatic nitrogens is 2. The quantitative estimate of drug-likeness (QED) is 0.684. The molecule has 4 nitrogen and oxygen atoms in total. The number of hydrogen-bond donors (Lipinski definition) is 2. The summed E-state index contributed by atoms with van der Waals surface area (Å²) in [4.78, 5) is 0. The summed E-state index contributed by atoms with van der Waals surface area (Å²) in [6, 6.07) is 8.29. The minimum absolute atomic E-state index is 0.835. The molecule has 3 rings (SSSR count). The van der Waals surface area contributed by atoms with E-state index in [2.05, 4.69) is 33.9 Å². The molecular weight excluding hydrogens is 188 g/mol. The molecule has 0 fully saturated rings. The van der Waals surface area contributed by atoms with Gasteiger partial charge in [0.1, 0.15) is 0 Å². The van der Waals surface area contributed by atoms with Gasteiger partial charge in [-0.05, 0) is 11.6 Å². The van der Waals surface area contributed by atoms with Gasteiger partial charge in [0, 0.05) is 19.3 Å². The molecule has 0 atom stereocenters. The van der Waals surface area contributed by atoms with E-state index in [4.69, 9.17) is 0 Å². The van der Waals surface area contributed by atoms with E-state index in [-0.39, 0.29) is 0 Å². The van der Waals surface area contributed by atoms with Crippen molar-refractivity contribution in [2.24, 2.45) is 7.05 Å². The summed E-state index contributed by atoms with van der Waals surface area (Å²) in [5, 5.41) is 11.0. The van der Waals surface area contributed by atoms with Crippen molar-refractivity contribution in [2.75, 3.05) is 10.6 Å². The monoisotopic (exact) mass is 200 g/mol. The zero-order valence-corrected chi connectivity index (χ0v) is 8.49. The molecule has 0 saturated heterocycles. The molecule has 1 aromatic heterocycles. The molecule has 2 aromatic rings. The summed E-state index contributed by atoms with van der Waals surface area (Å²) < 4.78 is 1.84. The number of nitrogens with one attached hydrogen (secondary N) is 2. The Morgan fingerprint density at radius 2 is 2.13 bits per heavy atom. The lowest BCUT2D eigenvalue weighted by Crippen LogP contribution is -1.99. The van der Waals surface area contributed by atoms with Crippen LogP contribution in [0.4, 0.5) is 17.2 Å². The van der Waals surface area contributed by atoms with Gasteiger partial charge in [0.15, 0.2) is 5.82 Å². The molecule has 0 radical (unpaired) electrons. The summed E-state index contributed by atoms with van der Waals surface area (Å²) in [5.41, 5.74) is 3.47. The first-order valence-electron chi connectivity index (χ1n) is 4.95. The van der Waals surface area contributed by atoms with Gasteiger partial charge in [0.05, 0.1) is 11.9 Å². The first-order chi connectivity index (χ1) is 7.34. The summed E-state index contributed by atoms with van der Waals surface area (Å²) in [5.74, 6) is 1.01. The van der Waals surface area contributed by atoms with Gasteiger partial charge >= 0.3 is 0 Å². The van der Waals surface area contributed by atoms with Crippen molar-refractivity contribution in [2.45, 2.75) is 6.54 Å². The SMILES string of the molecule is Cn1ncc2c1Nc1ccccc1CN2. The van der Waals surface area contributed by atoms with Crippen molar-refractivity contribution in [3.63, 3.8) is 0 Å². The van der Waals surface area contributed by atoms with Crippen LogP contribution in [0.25, 0.3) is 0 Å². The summed E-state index contributed by atoms with van der Waals surface area (Å²) >= 11 is 0. The molecule has 15 heavy (non-hydrogen) atoms. The van der Waals surface area contributed by atoms with Gasteiger partial charge in [0.2, 0.25) is 0 Å². The zero-order valence-electron chi connectivity index (χ0n) is 8.49. The van der Waals surface area contributed by atoms with E-state index in [9.17, 15) is 0 Å².